The van der Waals surface area contributed by atoms with Crippen molar-refractivity contribution >= 4 is 23.2 Å². The number of benzene rings is 2. The minimum Gasteiger partial charge on any atom is -0.312 e. The van der Waals surface area contributed by atoms with E-state index in [4.69, 9.17) is 0 Å². The second-order valence-corrected chi connectivity index (χ2v) is 5.65. The van der Waals surface area contributed by atoms with Crippen LogP contribution in [0.4, 0.5) is 11.4 Å². The number of hydrogen-bond acceptors (Lipinski definition) is 2. The van der Waals surface area contributed by atoms with E-state index in [2.05, 4.69) is 0 Å². The summed E-state index contributed by atoms with van der Waals surface area (Å²) in [6.07, 6.45) is 0. The van der Waals surface area contributed by atoms with Gasteiger partial charge in [0.25, 0.3) is 5.91 Å². The Balaban J connectivity index is 2.08. The van der Waals surface area contributed by atoms with Gasteiger partial charge in [-0.1, -0.05) is 29.8 Å². The minimum atomic E-state index is -0.130. The summed E-state index contributed by atoms with van der Waals surface area (Å²) in [5.74, 6) is -0.215. The topological polar surface area (TPSA) is 40.6 Å². The van der Waals surface area contributed by atoms with E-state index in [0.29, 0.717) is 5.56 Å². The SMILES string of the molecule is Cc1ccc(C)c(C(=O)N2CC(=O)N(C)c3ccccc32)c1. The number of aryl methyl sites for hydroxylation is 2. The van der Waals surface area contributed by atoms with E-state index < -0.39 is 0 Å². The first-order valence-corrected chi connectivity index (χ1v) is 7.24. The molecular formula is C18H18N2O2. The van der Waals surface area contributed by atoms with Crippen molar-refractivity contribution in [2.45, 2.75) is 13.8 Å². The molecule has 112 valence electrons. The van der Waals surface area contributed by atoms with Gasteiger partial charge in [0, 0.05) is 12.6 Å². The van der Waals surface area contributed by atoms with E-state index >= 15 is 0 Å². The molecule has 0 unspecified atom stereocenters. The molecule has 4 heteroatoms. The predicted octanol–water partition coefficient (Wildman–Crippen LogP) is 2.93. The van der Waals surface area contributed by atoms with Crippen LogP contribution in [0, 0.1) is 13.8 Å². The van der Waals surface area contributed by atoms with E-state index in [0.717, 1.165) is 22.5 Å². The van der Waals surface area contributed by atoms with Gasteiger partial charge in [-0.2, -0.15) is 0 Å². The molecular weight excluding hydrogens is 276 g/mol. The van der Waals surface area contributed by atoms with Crippen LogP contribution < -0.4 is 9.80 Å². The highest BCUT2D eigenvalue weighted by molar-refractivity contribution is 6.16. The third kappa shape index (κ3) is 2.26. The molecule has 3 rings (SSSR count). The second kappa shape index (κ2) is 5.30. The van der Waals surface area contributed by atoms with Crippen LogP contribution in [-0.4, -0.2) is 25.4 Å². The molecule has 0 saturated heterocycles. The highest BCUT2D eigenvalue weighted by Gasteiger charge is 2.31. The van der Waals surface area contributed by atoms with Crippen LogP contribution in [0.5, 0.6) is 0 Å². The molecule has 0 N–H and O–H groups in total. The lowest BCUT2D eigenvalue weighted by atomic mass is 10.0. The fourth-order valence-electron chi connectivity index (χ4n) is 2.73. The van der Waals surface area contributed by atoms with Crippen LogP contribution >= 0.6 is 0 Å². The van der Waals surface area contributed by atoms with Gasteiger partial charge in [-0.25, -0.2) is 0 Å². The molecule has 1 aliphatic heterocycles. The number of rotatable bonds is 1. The predicted molar refractivity (Wildman–Crippen MR) is 87.4 cm³/mol. The molecule has 2 amide bonds. The molecule has 0 radical (unpaired) electrons. The molecule has 0 saturated carbocycles. The van der Waals surface area contributed by atoms with Gasteiger partial charge in [0.15, 0.2) is 0 Å². The molecule has 1 aliphatic rings. The standard InChI is InChI=1S/C18H18N2O2/c1-12-8-9-13(2)14(10-12)18(22)20-11-17(21)19(3)15-6-4-5-7-16(15)20/h4-10H,11H2,1-3H3. The Hall–Kier alpha value is -2.62. The third-order valence-corrected chi connectivity index (χ3v) is 4.07. The van der Waals surface area contributed by atoms with Crippen LogP contribution in [0.15, 0.2) is 42.5 Å². The quantitative estimate of drug-likeness (QED) is 0.811. The smallest absolute Gasteiger partial charge is 0.259 e. The summed E-state index contributed by atoms with van der Waals surface area (Å²) in [7, 11) is 1.74. The zero-order valence-electron chi connectivity index (χ0n) is 13.0. The molecule has 0 spiro atoms. The number of hydrogen-bond donors (Lipinski definition) is 0. The van der Waals surface area contributed by atoms with Crippen molar-refractivity contribution in [3.8, 4) is 0 Å². The third-order valence-electron chi connectivity index (χ3n) is 4.07. The Morgan fingerprint density at radius 2 is 1.73 bits per heavy atom. The van der Waals surface area contributed by atoms with Crippen molar-refractivity contribution in [1.29, 1.82) is 0 Å². The molecule has 0 bridgehead atoms. The lowest BCUT2D eigenvalue weighted by Crippen LogP contribution is -2.46. The first-order chi connectivity index (χ1) is 10.5. The van der Waals surface area contributed by atoms with Crippen LogP contribution in [0.2, 0.25) is 0 Å². The number of fused-ring (bicyclic) bond motifs is 1. The molecule has 0 atom stereocenters. The number of likely N-dealkylation sites (N-methyl/N-ethyl adjacent to an activating group) is 1. The van der Waals surface area contributed by atoms with E-state index in [9.17, 15) is 9.59 Å². The van der Waals surface area contributed by atoms with Gasteiger partial charge in [0.1, 0.15) is 6.54 Å². The van der Waals surface area contributed by atoms with E-state index in [1.165, 1.54) is 0 Å². The highest BCUT2D eigenvalue weighted by atomic mass is 16.2. The Morgan fingerprint density at radius 1 is 1.05 bits per heavy atom. The Morgan fingerprint density at radius 3 is 2.45 bits per heavy atom. The zero-order valence-corrected chi connectivity index (χ0v) is 13.0. The maximum absolute atomic E-state index is 12.9. The maximum Gasteiger partial charge on any atom is 0.259 e. The monoisotopic (exact) mass is 294 g/mol. The van der Waals surface area contributed by atoms with Crippen molar-refractivity contribution in [3.05, 3.63) is 59.2 Å². The highest BCUT2D eigenvalue weighted by Crippen LogP contribution is 2.33. The van der Waals surface area contributed by atoms with Crippen molar-refractivity contribution in [3.63, 3.8) is 0 Å². The maximum atomic E-state index is 12.9. The van der Waals surface area contributed by atoms with Gasteiger partial charge in [0.2, 0.25) is 5.91 Å². The summed E-state index contributed by atoms with van der Waals surface area (Å²) in [6, 6.07) is 13.3. The molecule has 1 heterocycles. The summed E-state index contributed by atoms with van der Waals surface area (Å²) < 4.78 is 0. The number of carbonyl (C=O) groups excluding carboxylic acids is 2. The van der Waals surface area contributed by atoms with Crippen molar-refractivity contribution < 1.29 is 9.59 Å². The summed E-state index contributed by atoms with van der Waals surface area (Å²) in [5.41, 5.74) is 4.13. The van der Waals surface area contributed by atoms with Crippen molar-refractivity contribution in [2.75, 3.05) is 23.4 Å². The molecule has 2 aromatic carbocycles. The summed E-state index contributed by atoms with van der Waals surface area (Å²) in [5, 5.41) is 0. The second-order valence-electron chi connectivity index (χ2n) is 5.65. The lowest BCUT2D eigenvalue weighted by molar-refractivity contribution is -0.117. The van der Waals surface area contributed by atoms with Gasteiger partial charge in [-0.3, -0.25) is 14.5 Å². The van der Waals surface area contributed by atoms with E-state index in [1.54, 1.807) is 16.8 Å². The molecule has 4 nitrogen and oxygen atoms in total. The number of carbonyl (C=O) groups is 2. The van der Waals surface area contributed by atoms with Crippen LogP contribution in [0.1, 0.15) is 21.5 Å². The van der Waals surface area contributed by atoms with Crippen LogP contribution in [-0.2, 0) is 4.79 Å². The van der Waals surface area contributed by atoms with Crippen molar-refractivity contribution in [1.82, 2.24) is 0 Å². The summed E-state index contributed by atoms with van der Waals surface area (Å²) in [4.78, 5) is 28.3. The number of amides is 2. The van der Waals surface area contributed by atoms with Crippen molar-refractivity contribution in [2.24, 2.45) is 0 Å². The Bertz CT molecular complexity index is 767. The van der Waals surface area contributed by atoms with Crippen LogP contribution in [0.3, 0.4) is 0 Å². The lowest BCUT2D eigenvalue weighted by Gasteiger charge is -2.34. The van der Waals surface area contributed by atoms with E-state index in [1.807, 2.05) is 56.3 Å². The Labute approximate surface area is 130 Å². The molecule has 0 aliphatic carbocycles. The number of para-hydroxylation sites is 2. The number of nitrogens with zero attached hydrogens (tertiary/aromatic N) is 2. The number of anilines is 2. The molecule has 0 aromatic heterocycles. The normalized spacial score (nSPS) is 14.0. The first-order valence-electron chi connectivity index (χ1n) is 7.24. The van der Waals surface area contributed by atoms with Gasteiger partial charge in [0.05, 0.1) is 11.4 Å². The van der Waals surface area contributed by atoms with Gasteiger partial charge >= 0.3 is 0 Å². The summed E-state index contributed by atoms with van der Waals surface area (Å²) in [6.45, 7) is 3.94. The fourth-order valence-corrected chi connectivity index (χ4v) is 2.73. The van der Waals surface area contributed by atoms with Gasteiger partial charge < -0.3 is 4.90 Å². The fraction of sp³-hybridized carbons (Fsp3) is 0.222. The molecule has 22 heavy (non-hydrogen) atoms. The molecule has 2 aromatic rings. The largest absolute Gasteiger partial charge is 0.312 e. The first kappa shape index (κ1) is 14.3. The Kier molecular flexibility index (Phi) is 3.45. The summed E-state index contributed by atoms with van der Waals surface area (Å²) >= 11 is 0. The minimum absolute atomic E-state index is 0.0692. The van der Waals surface area contributed by atoms with E-state index in [-0.39, 0.29) is 18.4 Å². The van der Waals surface area contributed by atoms with Crippen LogP contribution in [0.25, 0.3) is 0 Å². The van der Waals surface area contributed by atoms with Gasteiger partial charge in [-0.05, 0) is 37.6 Å². The average molecular weight is 294 g/mol. The average Bonchev–Trinajstić information content (AvgIpc) is 2.52. The zero-order chi connectivity index (χ0) is 15.9. The van der Waals surface area contributed by atoms with Gasteiger partial charge in [-0.15, -0.1) is 0 Å². The molecule has 0 fully saturated rings.